The molecule has 0 spiro atoms. The molecule has 0 saturated heterocycles. The van der Waals surface area contributed by atoms with Crippen LogP contribution in [-0.4, -0.2) is 49.3 Å². The number of carboxylic acids is 1. The van der Waals surface area contributed by atoms with Crippen LogP contribution < -0.4 is 5.32 Å². The first-order chi connectivity index (χ1) is 9.54. The maximum Gasteiger partial charge on any atom is 0.317 e. The first-order valence-electron chi connectivity index (χ1n) is 6.30. The Morgan fingerprint density at radius 2 is 2.30 bits per heavy atom. The minimum atomic E-state index is -0.938. The van der Waals surface area contributed by atoms with Crippen LogP contribution in [0.3, 0.4) is 0 Å². The molecular weight excluding hydrogens is 264 g/mol. The van der Waals surface area contributed by atoms with Gasteiger partial charge in [0.15, 0.2) is 0 Å². The van der Waals surface area contributed by atoms with Gasteiger partial charge in [-0.05, 0) is 18.6 Å². The largest absolute Gasteiger partial charge is 0.481 e. The molecule has 112 valence electrons. The smallest absolute Gasteiger partial charge is 0.317 e. The quantitative estimate of drug-likeness (QED) is 0.754. The number of hydrogen-bond donors (Lipinski definition) is 2. The summed E-state index contributed by atoms with van der Waals surface area (Å²) in [6, 6.07) is 2.88. The third-order valence-electron chi connectivity index (χ3n) is 2.80. The average Bonchev–Trinajstić information content (AvgIpc) is 2.94. The summed E-state index contributed by atoms with van der Waals surface area (Å²) in [6.07, 6.45) is 2.02. The van der Waals surface area contributed by atoms with Crippen molar-refractivity contribution in [1.29, 1.82) is 0 Å². The van der Waals surface area contributed by atoms with E-state index in [0.29, 0.717) is 18.8 Å². The number of amides is 2. The minimum Gasteiger partial charge on any atom is -0.481 e. The van der Waals surface area contributed by atoms with Gasteiger partial charge in [0.1, 0.15) is 5.76 Å². The molecule has 0 aromatic carbocycles. The summed E-state index contributed by atoms with van der Waals surface area (Å²) in [4.78, 5) is 23.8. The Kier molecular flexibility index (Phi) is 6.58. The fraction of sp³-hybridized carbons (Fsp3) is 0.538. The topological polar surface area (TPSA) is 92.0 Å². The number of nitrogens with one attached hydrogen (secondary N) is 1. The molecule has 0 aliphatic carbocycles. The molecule has 7 nitrogen and oxygen atoms in total. The average molecular weight is 284 g/mol. The molecule has 0 aliphatic rings. The van der Waals surface area contributed by atoms with Crippen LogP contribution in [0.1, 0.15) is 24.6 Å². The van der Waals surface area contributed by atoms with Gasteiger partial charge in [-0.3, -0.25) is 4.79 Å². The highest BCUT2D eigenvalue weighted by atomic mass is 16.5. The van der Waals surface area contributed by atoms with Crippen LogP contribution in [0, 0.1) is 0 Å². The van der Waals surface area contributed by atoms with Gasteiger partial charge in [-0.25, -0.2) is 4.79 Å². The molecule has 0 aliphatic heterocycles. The van der Waals surface area contributed by atoms with E-state index < -0.39 is 5.97 Å². The summed E-state index contributed by atoms with van der Waals surface area (Å²) in [7, 11) is 3.13. The summed E-state index contributed by atoms with van der Waals surface area (Å²) in [6.45, 7) is 0.626. The summed E-state index contributed by atoms with van der Waals surface area (Å²) in [5.41, 5.74) is 0. The van der Waals surface area contributed by atoms with Gasteiger partial charge in [0, 0.05) is 27.3 Å². The van der Waals surface area contributed by atoms with Gasteiger partial charge in [-0.15, -0.1) is 0 Å². The lowest BCUT2D eigenvalue weighted by molar-refractivity contribution is -0.137. The second kappa shape index (κ2) is 8.21. The van der Waals surface area contributed by atoms with E-state index in [9.17, 15) is 9.59 Å². The van der Waals surface area contributed by atoms with Crippen LogP contribution in [-0.2, 0) is 9.53 Å². The Balaban J connectivity index is 2.55. The van der Waals surface area contributed by atoms with Crippen molar-refractivity contribution in [2.75, 3.05) is 27.3 Å². The number of urea groups is 1. The second-order valence-corrected chi connectivity index (χ2v) is 4.36. The fourth-order valence-corrected chi connectivity index (χ4v) is 1.63. The molecule has 1 unspecified atom stereocenters. The van der Waals surface area contributed by atoms with E-state index >= 15 is 0 Å². The highest BCUT2D eigenvalue weighted by molar-refractivity contribution is 5.75. The Hall–Kier alpha value is -2.02. The zero-order chi connectivity index (χ0) is 15.0. The molecule has 0 bridgehead atoms. The number of furan rings is 1. The molecule has 7 heteroatoms. The predicted molar refractivity (Wildman–Crippen MR) is 71.4 cm³/mol. The molecule has 20 heavy (non-hydrogen) atoms. The number of hydrogen-bond acceptors (Lipinski definition) is 4. The first-order valence-corrected chi connectivity index (χ1v) is 6.30. The van der Waals surface area contributed by atoms with Gasteiger partial charge in [0.05, 0.1) is 18.7 Å². The number of ether oxygens (including phenoxy) is 1. The van der Waals surface area contributed by atoms with E-state index in [1.807, 2.05) is 0 Å². The zero-order valence-corrected chi connectivity index (χ0v) is 11.7. The molecule has 0 saturated carbocycles. The monoisotopic (exact) mass is 284 g/mol. The normalized spacial score (nSPS) is 11.9. The van der Waals surface area contributed by atoms with Crippen molar-refractivity contribution in [3.05, 3.63) is 24.2 Å². The number of carboxylic acid groups (broad SMARTS) is 1. The Bertz CT molecular complexity index is 418. The van der Waals surface area contributed by atoms with Crippen molar-refractivity contribution in [2.24, 2.45) is 0 Å². The SMILES string of the molecule is COCCC(NC(=O)N(C)CCC(=O)O)c1ccco1. The van der Waals surface area contributed by atoms with Gasteiger partial charge >= 0.3 is 12.0 Å². The van der Waals surface area contributed by atoms with Crippen LogP contribution in [0.5, 0.6) is 0 Å². The summed E-state index contributed by atoms with van der Waals surface area (Å²) in [5, 5.41) is 11.4. The third kappa shape index (κ3) is 5.31. The van der Waals surface area contributed by atoms with E-state index in [2.05, 4.69) is 5.32 Å². The van der Waals surface area contributed by atoms with Crippen LogP contribution in [0.2, 0.25) is 0 Å². The lowest BCUT2D eigenvalue weighted by Crippen LogP contribution is -2.40. The molecule has 1 atom stereocenters. The van der Waals surface area contributed by atoms with Gasteiger partial charge < -0.3 is 24.5 Å². The van der Waals surface area contributed by atoms with Crippen LogP contribution in [0.15, 0.2) is 22.8 Å². The van der Waals surface area contributed by atoms with E-state index in [4.69, 9.17) is 14.3 Å². The maximum atomic E-state index is 12.0. The van der Waals surface area contributed by atoms with Gasteiger partial charge in [-0.1, -0.05) is 0 Å². The standard InChI is InChI=1S/C13H20N2O5/c1-15(7-5-12(16)17)13(18)14-10(6-9-19-2)11-4-3-8-20-11/h3-4,8,10H,5-7,9H2,1-2H3,(H,14,18)(H,16,17). The highest BCUT2D eigenvalue weighted by Gasteiger charge is 2.19. The van der Waals surface area contributed by atoms with Crippen molar-refractivity contribution in [1.82, 2.24) is 10.2 Å². The molecule has 0 radical (unpaired) electrons. The number of nitrogens with zero attached hydrogens (tertiary/aromatic N) is 1. The van der Waals surface area contributed by atoms with E-state index in [-0.39, 0.29) is 25.0 Å². The zero-order valence-electron chi connectivity index (χ0n) is 11.7. The number of aliphatic carboxylic acids is 1. The molecule has 1 heterocycles. The fourth-order valence-electron chi connectivity index (χ4n) is 1.63. The van der Waals surface area contributed by atoms with Crippen molar-refractivity contribution in [3.8, 4) is 0 Å². The number of carbonyl (C=O) groups is 2. The molecule has 1 aromatic rings. The summed E-state index contributed by atoms with van der Waals surface area (Å²) in [5.74, 6) is -0.298. The van der Waals surface area contributed by atoms with Gasteiger partial charge in [0.25, 0.3) is 0 Å². The number of rotatable bonds is 8. The van der Waals surface area contributed by atoms with Gasteiger partial charge in [-0.2, -0.15) is 0 Å². The summed E-state index contributed by atoms with van der Waals surface area (Å²) >= 11 is 0. The number of carbonyl (C=O) groups excluding carboxylic acids is 1. The van der Waals surface area contributed by atoms with E-state index in [1.165, 1.54) is 11.2 Å². The van der Waals surface area contributed by atoms with E-state index in [1.54, 1.807) is 26.3 Å². The molecule has 1 rings (SSSR count). The van der Waals surface area contributed by atoms with Crippen molar-refractivity contribution in [3.63, 3.8) is 0 Å². The van der Waals surface area contributed by atoms with Crippen LogP contribution in [0.25, 0.3) is 0 Å². The molecule has 1 aromatic heterocycles. The predicted octanol–water partition coefficient (Wildman–Crippen LogP) is 1.47. The molecule has 0 fully saturated rings. The molecule has 2 N–H and O–H groups in total. The molecular formula is C13H20N2O5. The number of methoxy groups -OCH3 is 1. The summed E-state index contributed by atoms with van der Waals surface area (Å²) < 4.78 is 10.3. The van der Waals surface area contributed by atoms with Crippen LogP contribution >= 0.6 is 0 Å². The first kappa shape index (κ1) is 16.0. The van der Waals surface area contributed by atoms with Crippen molar-refractivity contribution >= 4 is 12.0 Å². The van der Waals surface area contributed by atoms with Crippen LogP contribution in [0.4, 0.5) is 4.79 Å². The van der Waals surface area contributed by atoms with Gasteiger partial charge in [0.2, 0.25) is 0 Å². The Labute approximate surface area is 117 Å². The molecule has 2 amide bonds. The lowest BCUT2D eigenvalue weighted by Gasteiger charge is -2.22. The highest BCUT2D eigenvalue weighted by Crippen LogP contribution is 2.17. The van der Waals surface area contributed by atoms with E-state index in [0.717, 1.165) is 0 Å². The lowest BCUT2D eigenvalue weighted by atomic mass is 10.1. The Morgan fingerprint density at radius 3 is 2.85 bits per heavy atom. The second-order valence-electron chi connectivity index (χ2n) is 4.36. The third-order valence-corrected chi connectivity index (χ3v) is 2.80. The minimum absolute atomic E-state index is 0.0899. The maximum absolute atomic E-state index is 12.0. The Morgan fingerprint density at radius 1 is 1.55 bits per heavy atom. The van der Waals surface area contributed by atoms with Crippen molar-refractivity contribution < 1.29 is 23.8 Å². The van der Waals surface area contributed by atoms with Crippen molar-refractivity contribution in [2.45, 2.75) is 18.9 Å².